The summed E-state index contributed by atoms with van der Waals surface area (Å²) in [6.07, 6.45) is 0. The monoisotopic (exact) mass is 399 g/mol. The van der Waals surface area contributed by atoms with Gasteiger partial charge in [-0.25, -0.2) is 0 Å². The Morgan fingerprint density at radius 1 is 1.24 bits per heavy atom. The van der Waals surface area contributed by atoms with Gasteiger partial charge in [-0.2, -0.15) is 0 Å². The first-order valence-corrected chi connectivity index (χ1v) is 9.58. The third-order valence-electron chi connectivity index (χ3n) is 4.76. The summed E-state index contributed by atoms with van der Waals surface area (Å²) in [5.74, 6) is 0.556. The highest BCUT2D eigenvalue weighted by Gasteiger charge is 2.16. The maximum absolute atomic E-state index is 11.5. The molecule has 8 heteroatoms. The summed E-state index contributed by atoms with van der Waals surface area (Å²) in [6, 6.07) is 12.1. The van der Waals surface area contributed by atoms with E-state index < -0.39 is 4.92 Å². The lowest BCUT2D eigenvalue weighted by molar-refractivity contribution is -0.384. The first kappa shape index (κ1) is 20.8. The van der Waals surface area contributed by atoms with E-state index >= 15 is 0 Å². The van der Waals surface area contributed by atoms with Crippen LogP contribution in [0, 0.1) is 10.1 Å². The molecule has 154 valence electrons. The third-order valence-corrected chi connectivity index (χ3v) is 4.76. The van der Waals surface area contributed by atoms with Crippen LogP contribution in [0.25, 0.3) is 0 Å². The molecule has 0 saturated carbocycles. The topological polar surface area (TPSA) is 93.9 Å². The molecule has 3 rings (SSSR count). The maximum atomic E-state index is 11.5. The number of nitrogens with zero attached hydrogens (tertiary/aromatic N) is 2. The molecule has 1 heterocycles. The number of rotatable bonds is 9. The number of nitrogens with one attached hydrogen (secondary N) is 1. The molecule has 1 aliphatic heterocycles. The van der Waals surface area contributed by atoms with Crippen molar-refractivity contribution in [2.75, 3.05) is 44.8 Å². The number of Topliss-reactive ketones (excluding diaryl/α,β-unsaturated/α-hetero) is 1. The molecule has 0 atom stereocenters. The average Bonchev–Trinajstić information content (AvgIpc) is 2.73. The molecule has 2 aromatic carbocycles. The Labute approximate surface area is 169 Å². The molecule has 0 aromatic heterocycles. The highest BCUT2D eigenvalue weighted by molar-refractivity contribution is 5.95. The van der Waals surface area contributed by atoms with Crippen molar-refractivity contribution in [3.63, 3.8) is 0 Å². The van der Waals surface area contributed by atoms with Crippen molar-refractivity contribution in [1.29, 1.82) is 0 Å². The average molecular weight is 399 g/mol. The van der Waals surface area contributed by atoms with E-state index in [1.54, 1.807) is 12.1 Å². The third kappa shape index (κ3) is 6.00. The lowest BCUT2D eigenvalue weighted by Gasteiger charge is -2.26. The van der Waals surface area contributed by atoms with Gasteiger partial charge in [0.15, 0.2) is 5.78 Å². The minimum absolute atomic E-state index is 0.115. The van der Waals surface area contributed by atoms with Gasteiger partial charge in [0.1, 0.15) is 18.0 Å². The summed E-state index contributed by atoms with van der Waals surface area (Å²) in [7, 11) is 0. The smallest absolute Gasteiger partial charge is 0.293 e. The molecule has 0 spiro atoms. The predicted octanol–water partition coefficient (Wildman–Crippen LogP) is 3.12. The van der Waals surface area contributed by atoms with Crippen LogP contribution < -0.4 is 10.1 Å². The van der Waals surface area contributed by atoms with Gasteiger partial charge in [-0.15, -0.1) is 0 Å². The summed E-state index contributed by atoms with van der Waals surface area (Å²) in [5.41, 5.74) is 1.52. The Morgan fingerprint density at radius 3 is 2.76 bits per heavy atom. The molecule has 1 aliphatic rings. The van der Waals surface area contributed by atoms with Crippen molar-refractivity contribution in [2.24, 2.45) is 0 Å². The van der Waals surface area contributed by atoms with Crippen LogP contribution in [0.1, 0.15) is 22.8 Å². The number of ketones is 1. The van der Waals surface area contributed by atoms with E-state index in [2.05, 4.69) is 10.2 Å². The van der Waals surface area contributed by atoms with Crippen LogP contribution >= 0.6 is 0 Å². The Hall–Kier alpha value is -2.97. The highest BCUT2D eigenvalue weighted by Crippen LogP contribution is 2.26. The van der Waals surface area contributed by atoms with Crippen LogP contribution in [0.5, 0.6) is 5.75 Å². The van der Waals surface area contributed by atoms with Crippen molar-refractivity contribution in [3.05, 3.63) is 63.7 Å². The lowest BCUT2D eigenvalue weighted by atomic mass is 10.1. The van der Waals surface area contributed by atoms with Gasteiger partial charge >= 0.3 is 0 Å². The first-order chi connectivity index (χ1) is 14.0. The second-order valence-corrected chi connectivity index (χ2v) is 6.85. The van der Waals surface area contributed by atoms with Gasteiger partial charge in [0.2, 0.25) is 0 Å². The number of carbonyl (C=O) groups is 1. The quantitative estimate of drug-likeness (QED) is 0.393. The summed E-state index contributed by atoms with van der Waals surface area (Å²) >= 11 is 0. The van der Waals surface area contributed by atoms with E-state index in [0.29, 0.717) is 24.4 Å². The number of carbonyl (C=O) groups excluding carboxylic acids is 1. The zero-order valence-corrected chi connectivity index (χ0v) is 16.4. The van der Waals surface area contributed by atoms with Crippen molar-refractivity contribution in [1.82, 2.24) is 4.90 Å². The highest BCUT2D eigenvalue weighted by atomic mass is 16.6. The number of nitro groups is 1. The summed E-state index contributed by atoms with van der Waals surface area (Å²) in [5, 5.41) is 14.4. The van der Waals surface area contributed by atoms with Crippen LogP contribution in [0.15, 0.2) is 42.5 Å². The number of hydrogen-bond acceptors (Lipinski definition) is 7. The van der Waals surface area contributed by atoms with Gasteiger partial charge in [-0.1, -0.05) is 12.1 Å². The van der Waals surface area contributed by atoms with Crippen molar-refractivity contribution >= 4 is 17.2 Å². The fourth-order valence-corrected chi connectivity index (χ4v) is 3.11. The molecule has 0 unspecified atom stereocenters. The molecule has 0 amide bonds. The molecule has 2 aromatic rings. The van der Waals surface area contributed by atoms with Gasteiger partial charge in [0.05, 0.1) is 18.1 Å². The Morgan fingerprint density at radius 2 is 2.03 bits per heavy atom. The Balaban J connectivity index is 1.57. The zero-order valence-electron chi connectivity index (χ0n) is 16.4. The summed E-state index contributed by atoms with van der Waals surface area (Å²) < 4.78 is 11.2. The lowest BCUT2D eigenvalue weighted by Crippen LogP contribution is -2.38. The number of anilines is 1. The maximum Gasteiger partial charge on any atom is 0.293 e. The number of benzene rings is 2. The van der Waals surface area contributed by atoms with Gasteiger partial charge in [0, 0.05) is 37.8 Å². The predicted molar refractivity (Wildman–Crippen MR) is 110 cm³/mol. The van der Waals surface area contributed by atoms with Crippen LogP contribution in [-0.2, 0) is 11.3 Å². The van der Waals surface area contributed by atoms with E-state index in [-0.39, 0.29) is 11.5 Å². The molecule has 29 heavy (non-hydrogen) atoms. The van der Waals surface area contributed by atoms with E-state index in [4.69, 9.17) is 9.47 Å². The normalized spacial score (nSPS) is 14.4. The largest absolute Gasteiger partial charge is 0.492 e. The number of hydrogen-bond donors (Lipinski definition) is 1. The molecular formula is C21H25N3O5. The second kappa shape index (κ2) is 9.99. The van der Waals surface area contributed by atoms with Gasteiger partial charge in [-0.05, 0) is 36.8 Å². The van der Waals surface area contributed by atoms with Crippen molar-refractivity contribution < 1.29 is 19.2 Å². The molecule has 1 N–H and O–H groups in total. The van der Waals surface area contributed by atoms with Gasteiger partial charge < -0.3 is 14.8 Å². The Bertz CT molecular complexity index is 865. The summed E-state index contributed by atoms with van der Waals surface area (Å²) in [4.78, 5) is 24.6. The molecule has 0 bridgehead atoms. The minimum Gasteiger partial charge on any atom is -0.492 e. The first-order valence-electron chi connectivity index (χ1n) is 9.58. The molecule has 1 saturated heterocycles. The molecule has 0 aliphatic carbocycles. The number of morpholine rings is 1. The van der Waals surface area contributed by atoms with Crippen LogP contribution in [0.4, 0.5) is 11.4 Å². The zero-order chi connectivity index (χ0) is 20.6. The van der Waals surface area contributed by atoms with Crippen molar-refractivity contribution in [2.45, 2.75) is 13.5 Å². The van der Waals surface area contributed by atoms with Crippen LogP contribution in [0.3, 0.4) is 0 Å². The fourth-order valence-electron chi connectivity index (χ4n) is 3.11. The van der Waals surface area contributed by atoms with E-state index in [1.807, 2.05) is 24.3 Å². The van der Waals surface area contributed by atoms with Gasteiger partial charge in [-0.3, -0.25) is 19.8 Å². The van der Waals surface area contributed by atoms with Crippen LogP contribution in [-0.4, -0.2) is 55.1 Å². The summed E-state index contributed by atoms with van der Waals surface area (Å²) in [6.45, 7) is 6.61. The van der Waals surface area contributed by atoms with E-state index in [9.17, 15) is 14.9 Å². The second-order valence-electron chi connectivity index (χ2n) is 6.85. The molecule has 0 radical (unpaired) electrons. The van der Waals surface area contributed by atoms with E-state index in [0.717, 1.165) is 44.2 Å². The number of nitro benzene ring substituents is 1. The van der Waals surface area contributed by atoms with E-state index in [1.165, 1.54) is 13.0 Å². The van der Waals surface area contributed by atoms with Crippen molar-refractivity contribution in [3.8, 4) is 5.75 Å². The SMILES string of the molecule is CC(=O)c1ccc(NCc2cccc(OCCN3CCOCC3)c2)c([N+](=O)[O-])c1. The molecular weight excluding hydrogens is 374 g/mol. The van der Waals surface area contributed by atoms with Crippen LogP contribution in [0.2, 0.25) is 0 Å². The van der Waals surface area contributed by atoms with Gasteiger partial charge in [0.25, 0.3) is 5.69 Å². The Kier molecular flexibility index (Phi) is 7.15. The molecule has 1 fully saturated rings. The molecule has 8 nitrogen and oxygen atoms in total. The standard InChI is InChI=1S/C21H25N3O5/c1-16(25)18-5-6-20(21(14-18)24(26)27)22-15-17-3-2-4-19(13-17)29-12-9-23-7-10-28-11-8-23/h2-6,13-14,22H,7-12,15H2,1H3. The fraction of sp³-hybridized carbons (Fsp3) is 0.381. The number of ether oxygens (including phenoxy) is 2. The minimum atomic E-state index is -0.486.